The predicted molar refractivity (Wildman–Crippen MR) is 93.7 cm³/mol. The van der Waals surface area contributed by atoms with Gasteiger partial charge in [-0.15, -0.1) is 0 Å². The topological polar surface area (TPSA) is 64.6 Å². The van der Waals surface area contributed by atoms with Gasteiger partial charge in [-0.3, -0.25) is 9.59 Å². The lowest BCUT2D eigenvalue weighted by molar-refractivity contribution is -0.114. The van der Waals surface area contributed by atoms with E-state index in [1.165, 1.54) is 13.0 Å². The molecule has 0 spiro atoms. The molecule has 0 fully saturated rings. The van der Waals surface area contributed by atoms with E-state index in [1.54, 1.807) is 62.8 Å². The fraction of sp³-hybridized carbons (Fsp3) is 0.158. The molecule has 0 unspecified atom stereocenters. The van der Waals surface area contributed by atoms with Gasteiger partial charge in [0.15, 0.2) is 5.78 Å². The summed E-state index contributed by atoms with van der Waals surface area (Å²) >= 11 is 0. The Morgan fingerprint density at radius 2 is 1.58 bits per heavy atom. The number of methoxy groups -OCH3 is 2. The molecule has 0 aliphatic heterocycles. The first kappa shape index (κ1) is 17.3. The van der Waals surface area contributed by atoms with Crippen molar-refractivity contribution in [3.05, 3.63) is 59.7 Å². The average Bonchev–Trinajstić information content (AvgIpc) is 2.59. The van der Waals surface area contributed by atoms with Gasteiger partial charge in [-0.05, 0) is 54.1 Å². The third kappa shape index (κ3) is 4.46. The van der Waals surface area contributed by atoms with Crippen LogP contribution < -0.4 is 14.8 Å². The van der Waals surface area contributed by atoms with E-state index < -0.39 is 0 Å². The minimum absolute atomic E-state index is 0.137. The third-order valence-corrected chi connectivity index (χ3v) is 3.36. The van der Waals surface area contributed by atoms with Crippen LogP contribution in [-0.2, 0) is 4.79 Å². The van der Waals surface area contributed by atoms with Gasteiger partial charge in [-0.25, -0.2) is 0 Å². The lowest BCUT2D eigenvalue weighted by atomic mass is 10.1. The summed E-state index contributed by atoms with van der Waals surface area (Å²) in [5.41, 5.74) is 1.86. The molecule has 1 amide bonds. The largest absolute Gasteiger partial charge is 0.497 e. The SMILES string of the molecule is COc1ccc(C(=O)/C=C/c2ccc(OC)cc2NC(C)=O)cc1. The van der Waals surface area contributed by atoms with Crippen LogP contribution in [-0.4, -0.2) is 25.9 Å². The van der Waals surface area contributed by atoms with E-state index in [0.29, 0.717) is 28.3 Å². The van der Waals surface area contributed by atoms with Crippen molar-refractivity contribution in [3.63, 3.8) is 0 Å². The van der Waals surface area contributed by atoms with Gasteiger partial charge in [0.2, 0.25) is 5.91 Å². The molecule has 124 valence electrons. The first-order valence-electron chi connectivity index (χ1n) is 7.35. The standard InChI is InChI=1S/C19H19NO4/c1-13(21)20-18-12-17(24-3)10-4-14(18)7-11-19(22)15-5-8-16(23-2)9-6-15/h4-12H,1-3H3,(H,20,21)/b11-7+. The number of hydrogen-bond acceptors (Lipinski definition) is 4. The number of ketones is 1. The lowest BCUT2D eigenvalue weighted by Gasteiger charge is -2.09. The second kappa shape index (κ2) is 7.97. The maximum atomic E-state index is 12.2. The number of carbonyl (C=O) groups is 2. The molecule has 0 radical (unpaired) electrons. The summed E-state index contributed by atoms with van der Waals surface area (Å²) < 4.78 is 10.2. The Morgan fingerprint density at radius 1 is 0.958 bits per heavy atom. The summed E-state index contributed by atoms with van der Waals surface area (Å²) in [5, 5.41) is 2.73. The van der Waals surface area contributed by atoms with Crippen molar-refractivity contribution >= 4 is 23.5 Å². The number of hydrogen-bond donors (Lipinski definition) is 1. The van der Waals surface area contributed by atoms with Crippen LogP contribution in [0.2, 0.25) is 0 Å². The quantitative estimate of drug-likeness (QED) is 0.651. The normalized spacial score (nSPS) is 10.5. The van der Waals surface area contributed by atoms with Crippen molar-refractivity contribution < 1.29 is 19.1 Å². The molecule has 2 rings (SSSR count). The zero-order valence-electron chi connectivity index (χ0n) is 13.8. The van der Waals surface area contributed by atoms with Gasteiger partial charge in [-0.1, -0.05) is 0 Å². The highest BCUT2D eigenvalue weighted by Crippen LogP contribution is 2.24. The molecule has 0 aliphatic rings. The number of rotatable bonds is 6. The molecule has 0 aliphatic carbocycles. The van der Waals surface area contributed by atoms with Crippen molar-refractivity contribution in [1.82, 2.24) is 0 Å². The maximum Gasteiger partial charge on any atom is 0.221 e. The summed E-state index contributed by atoms with van der Waals surface area (Å²) in [7, 11) is 3.12. The van der Waals surface area contributed by atoms with E-state index in [4.69, 9.17) is 9.47 Å². The Morgan fingerprint density at radius 3 is 2.17 bits per heavy atom. The van der Waals surface area contributed by atoms with E-state index in [2.05, 4.69) is 5.32 Å². The predicted octanol–water partition coefficient (Wildman–Crippen LogP) is 3.56. The van der Waals surface area contributed by atoms with Crippen LogP contribution in [0.4, 0.5) is 5.69 Å². The highest BCUT2D eigenvalue weighted by molar-refractivity contribution is 6.07. The van der Waals surface area contributed by atoms with Crippen LogP contribution in [0, 0.1) is 0 Å². The van der Waals surface area contributed by atoms with E-state index in [1.807, 2.05) is 0 Å². The smallest absolute Gasteiger partial charge is 0.221 e. The fourth-order valence-electron chi connectivity index (χ4n) is 2.12. The summed E-state index contributed by atoms with van der Waals surface area (Å²) in [6.07, 6.45) is 3.13. The number of nitrogens with one attached hydrogen (secondary N) is 1. The lowest BCUT2D eigenvalue weighted by Crippen LogP contribution is -2.07. The number of amides is 1. The molecule has 24 heavy (non-hydrogen) atoms. The molecule has 1 N–H and O–H groups in total. The molecule has 2 aromatic carbocycles. The van der Waals surface area contributed by atoms with Crippen molar-refractivity contribution in [2.45, 2.75) is 6.92 Å². The van der Waals surface area contributed by atoms with E-state index in [0.717, 1.165) is 0 Å². The first-order chi connectivity index (χ1) is 11.5. The van der Waals surface area contributed by atoms with Gasteiger partial charge in [-0.2, -0.15) is 0 Å². The molecule has 5 nitrogen and oxygen atoms in total. The zero-order valence-corrected chi connectivity index (χ0v) is 13.8. The molecule has 0 saturated carbocycles. The minimum Gasteiger partial charge on any atom is -0.497 e. The number of ether oxygens (including phenoxy) is 2. The highest BCUT2D eigenvalue weighted by atomic mass is 16.5. The Hall–Kier alpha value is -3.08. The summed E-state index contributed by atoms with van der Waals surface area (Å²) in [4.78, 5) is 23.6. The Bertz CT molecular complexity index is 763. The molecule has 5 heteroatoms. The number of allylic oxidation sites excluding steroid dienone is 1. The zero-order chi connectivity index (χ0) is 17.5. The second-order valence-corrected chi connectivity index (χ2v) is 5.06. The second-order valence-electron chi connectivity index (χ2n) is 5.06. The maximum absolute atomic E-state index is 12.2. The molecular formula is C19H19NO4. The molecule has 0 bridgehead atoms. The van der Waals surface area contributed by atoms with E-state index in [9.17, 15) is 9.59 Å². The minimum atomic E-state index is -0.195. The van der Waals surface area contributed by atoms with E-state index >= 15 is 0 Å². The molecule has 0 atom stereocenters. The van der Waals surface area contributed by atoms with Crippen molar-refractivity contribution in [2.75, 3.05) is 19.5 Å². The van der Waals surface area contributed by atoms with Crippen molar-refractivity contribution in [2.24, 2.45) is 0 Å². The monoisotopic (exact) mass is 325 g/mol. The summed E-state index contributed by atoms with van der Waals surface area (Å²) in [6.45, 7) is 1.43. The average molecular weight is 325 g/mol. The van der Waals surface area contributed by atoms with Gasteiger partial charge in [0.05, 0.1) is 19.9 Å². The molecule has 0 heterocycles. The van der Waals surface area contributed by atoms with Crippen LogP contribution in [0.5, 0.6) is 11.5 Å². The van der Waals surface area contributed by atoms with Crippen LogP contribution in [0.25, 0.3) is 6.08 Å². The Balaban J connectivity index is 2.23. The van der Waals surface area contributed by atoms with Crippen LogP contribution in [0.3, 0.4) is 0 Å². The van der Waals surface area contributed by atoms with Crippen LogP contribution >= 0.6 is 0 Å². The van der Waals surface area contributed by atoms with Gasteiger partial charge >= 0.3 is 0 Å². The Labute approximate surface area is 140 Å². The number of anilines is 1. The highest BCUT2D eigenvalue weighted by Gasteiger charge is 2.06. The molecule has 2 aromatic rings. The first-order valence-corrected chi connectivity index (χ1v) is 7.35. The van der Waals surface area contributed by atoms with Gasteiger partial charge in [0.25, 0.3) is 0 Å². The number of carbonyl (C=O) groups excluding carboxylic acids is 2. The molecule has 0 aromatic heterocycles. The Kier molecular flexibility index (Phi) is 5.73. The van der Waals surface area contributed by atoms with Crippen LogP contribution in [0.1, 0.15) is 22.8 Å². The van der Waals surface area contributed by atoms with Gasteiger partial charge in [0, 0.05) is 18.6 Å². The van der Waals surface area contributed by atoms with Crippen molar-refractivity contribution in [1.29, 1.82) is 0 Å². The van der Waals surface area contributed by atoms with E-state index in [-0.39, 0.29) is 11.7 Å². The molecular weight excluding hydrogens is 306 g/mol. The fourth-order valence-corrected chi connectivity index (χ4v) is 2.12. The summed E-state index contributed by atoms with van der Waals surface area (Å²) in [6, 6.07) is 12.1. The summed E-state index contributed by atoms with van der Waals surface area (Å²) in [5.74, 6) is 0.984. The van der Waals surface area contributed by atoms with Gasteiger partial charge < -0.3 is 14.8 Å². The molecule has 0 saturated heterocycles. The van der Waals surface area contributed by atoms with Crippen LogP contribution in [0.15, 0.2) is 48.5 Å². The van der Waals surface area contributed by atoms with Gasteiger partial charge in [0.1, 0.15) is 11.5 Å². The van der Waals surface area contributed by atoms with Crippen molar-refractivity contribution in [3.8, 4) is 11.5 Å². The number of benzene rings is 2. The third-order valence-electron chi connectivity index (χ3n) is 3.36.